The summed E-state index contributed by atoms with van der Waals surface area (Å²) in [6.07, 6.45) is -0.687. The van der Waals surface area contributed by atoms with Gasteiger partial charge in [0.1, 0.15) is 0 Å². The minimum atomic E-state index is -4.29. The molecule has 2 aromatic carbocycles. The van der Waals surface area contributed by atoms with E-state index in [1.165, 1.54) is 12.1 Å². The zero-order valence-corrected chi connectivity index (χ0v) is 10.7. The first-order valence-corrected chi connectivity index (χ1v) is 6.04. The second kappa shape index (κ2) is 5.53. The van der Waals surface area contributed by atoms with Gasteiger partial charge in [-0.05, 0) is 35.4 Å². The zero-order chi connectivity index (χ0) is 13.9. The van der Waals surface area contributed by atoms with Gasteiger partial charge in [0, 0.05) is 4.90 Å². The third-order valence-corrected chi connectivity index (χ3v) is 2.85. The van der Waals surface area contributed by atoms with Crippen LogP contribution in [-0.4, -0.2) is 0 Å². The average molecular weight is 280 g/mol. The Hall–Kier alpha value is -1.68. The highest BCUT2D eigenvalue weighted by atomic mass is 32.1. The maximum absolute atomic E-state index is 12.4. The molecule has 0 N–H and O–H groups in total. The molecular formula is C15H11F3S. The number of hydrogen-bond acceptors (Lipinski definition) is 1. The molecule has 0 spiro atoms. The summed E-state index contributed by atoms with van der Waals surface area (Å²) in [5, 5.41) is 0. The van der Waals surface area contributed by atoms with Gasteiger partial charge in [-0.1, -0.05) is 36.4 Å². The predicted octanol–water partition coefficient (Wildman–Crippen LogP) is 5.16. The molecule has 0 unspecified atom stereocenters. The normalized spacial score (nSPS) is 12.0. The van der Waals surface area contributed by atoms with Crippen LogP contribution in [0, 0.1) is 0 Å². The monoisotopic (exact) mass is 280 g/mol. The SMILES string of the molecule is FC(F)(F)c1ccc(C=Cc2cccc(S)c2)cc1. The van der Waals surface area contributed by atoms with Crippen molar-refractivity contribution in [1.29, 1.82) is 0 Å². The van der Waals surface area contributed by atoms with Crippen LogP contribution in [0.4, 0.5) is 13.2 Å². The second-order valence-electron chi connectivity index (χ2n) is 4.05. The van der Waals surface area contributed by atoms with Crippen molar-refractivity contribution >= 4 is 24.8 Å². The Labute approximate surface area is 115 Å². The van der Waals surface area contributed by atoms with Gasteiger partial charge in [0.15, 0.2) is 0 Å². The van der Waals surface area contributed by atoms with E-state index >= 15 is 0 Å². The Morgan fingerprint density at radius 2 is 1.47 bits per heavy atom. The fraction of sp³-hybridized carbons (Fsp3) is 0.0667. The molecule has 0 aliphatic carbocycles. The maximum atomic E-state index is 12.4. The number of thiol groups is 1. The van der Waals surface area contributed by atoms with Crippen molar-refractivity contribution in [2.75, 3.05) is 0 Å². The largest absolute Gasteiger partial charge is 0.416 e. The molecule has 0 aliphatic heterocycles. The summed E-state index contributed by atoms with van der Waals surface area (Å²) in [5.74, 6) is 0. The van der Waals surface area contributed by atoms with E-state index < -0.39 is 11.7 Å². The van der Waals surface area contributed by atoms with Gasteiger partial charge >= 0.3 is 6.18 Å². The molecule has 98 valence electrons. The summed E-state index contributed by atoms with van der Waals surface area (Å²) in [4.78, 5) is 0.842. The fourth-order valence-corrected chi connectivity index (χ4v) is 1.84. The molecule has 0 fully saturated rings. The molecule has 4 heteroatoms. The number of alkyl halides is 3. The van der Waals surface area contributed by atoms with Gasteiger partial charge in [0.25, 0.3) is 0 Å². The van der Waals surface area contributed by atoms with Crippen LogP contribution in [0.3, 0.4) is 0 Å². The molecule has 0 aliphatic rings. The lowest BCUT2D eigenvalue weighted by Gasteiger charge is -2.05. The molecule has 0 aromatic heterocycles. The van der Waals surface area contributed by atoms with E-state index in [1.54, 1.807) is 6.08 Å². The van der Waals surface area contributed by atoms with Gasteiger partial charge < -0.3 is 0 Å². The summed E-state index contributed by atoms with van der Waals surface area (Å²) >= 11 is 4.22. The highest BCUT2D eigenvalue weighted by molar-refractivity contribution is 7.80. The van der Waals surface area contributed by atoms with Crippen molar-refractivity contribution < 1.29 is 13.2 Å². The van der Waals surface area contributed by atoms with Gasteiger partial charge in [-0.15, -0.1) is 12.6 Å². The average Bonchev–Trinajstić information content (AvgIpc) is 2.36. The van der Waals surface area contributed by atoms with Crippen LogP contribution in [0.2, 0.25) is 0 Å². The molecule has 0 saturated carbocycles. The Kier molecular flexibility index (Phi) is 4.00. The number of benzene rings is 2. The van der Waals surface area contributed by atoms with Gasteiger partial charge in [0.2, 0.25) is 0 Å². The summed E-state index contributed by atoms with van der Waals surface area (Å²) in [5.41, 5.74) is 1.03. The van der Waals surface area contributed by atoms with Crippen LogP contribution >= 0.6 is 12.6 Å². The van der Waals surface area contributed by atoms with Crippen LogP contribution in [0.25, 0.3) is 12.2 Å². The van der Waals surface area contributed by atoms with E-state index in [4.69, 9.17) is 0 Å². The molecule has 2 aromatic rings. The molecule has 0 heterocycles. The molecule has 2 rings (SSSR count). The summed E-state index contributed by atoms with van der Waals surface area (Å²) in [7, 11) is 0. The van der Waals surface area contributed by atoms with Gasteiger partial charge in [-0.2, -0.15) is 13.2 Å². The predicted molar refractivity (Wildman–Crippen MR) is 74.1 cm³/mol. The first-order chi connectivity index (χ1) is 8.95. The van der Waals surface area contributed by atoms with Crippen LogP contribution in [0.15, 0.2) is 53.4 Å². The van der Waals surface area contributed by atoms with E-state index in [1.807, 2.05) is 30.3 Å². The van der Waals surface area contributed by atoms with E-state index in [9.17, 15) is 13.2 Å². The summed E-state index contributed by atoms with van der Waals surface area (Å²) < 4.78 is 37.2. The topological polar surface area (TPSA) is 0 Å². The third-order valence-electron chi connectivity index (χ3n) is 2.58. The molecule has 0 amide bonds. The van der Waals surface area contributed by atoms with Crippen molar-refractivity contribution in [2.45, 2.75) is 11.1 Å². The number of hydrogen-bond donors (Lipinski definition) is 1. The van der Waals surface area contributed by atoms with Crippen molar-refractivity contribution in [3.05, 3.63) is 65.2 Å². The molecule has 0 bridgehead atoms. The van der Waals surface area contributed by atoms with Gasteiger partial charge in [-0.25, -0.2) is 0 Å². The Balaban J connectivity index is 2.16. The second-order valence-corrected chi connectivity index (χ2v) is 4.56. The molecule has 0 saturated heterocycles. The van der Waals surface area contributed by atoms with Crippen molar-refractivity contribution in [2.24, 2.45) is 0 Å². The molecule has 0 nitrogen and oxygen atoms in total. The van der Waals surface area contributed by atoms with E-state index in [0.29, 0.717) is 0 Å². The van der Waals surface area contributed by atoms with Gasteiger partial charge in [0.05, 0.1) is 5.56 Å². The molecule has 19 heavy (non-hydrogen) atoms. The first kappa shape index (κ1) is 13.7. The van der Waals surface area contributed by atoms with Crippen molar-refractivity contribution in [3.63, 3.8) is 0 Å². The molecule has 0 radical (unpaired) electrons. The molecule has 0 atom stereocenters. The van der Waals surface area contributed by atoms with E-state index in [2.05, 4.69) is 12.6 Å². The van der Waals surface area contributed by atoms with Crippen LogP contribution < -0.4 is 0 Å². The lowest BCUT2D eigenvalue weighted by molar-refractivity contribution is -0.137. The van der Waals surface area contributed by atoms with E-state index in [0.717, 1.165) is 28.2 Å². The van der Waals surface area contributed by atoms with Crippen LogP contribution in [0.1, 0.15) is 16.7 Å². The quantitative estimate of drug-likeness (QED) is 0.570. The fourth-order valence-electron chi connectivity index (χ4n) is 1.60. The summed E-state index contributed by atoms with van der Waals surface area (Å²) in [6, 6.07) is 12.6. The number of rotatable bonds is 2. The minimum Gasteiger partial charge on any atom is -0.166 e. The standard InChI is InChI=1S/C15H11F3S/c16-15(17,18)13-8-6-11(7-9-13)4-5-12-2-1-3-14(19)10-12/h1-10,19H. The van der Waals surface area contributed by atoms with E-state index in [-0.39, 0.29) is 0 Å². The Morgan fingerprint density at radius 1 is 0.842 bits per heavy atom. The van der Waals surface area contributed by atoms with Gasteiger partial charge in [-0.3, -0.25) is 0 Å². The maximum Gasteiger partial charge on any atom is 0.416 e. The van der Waals surface area contributed by atoms with Crippen molar-refractivity contribution in [1.82, 2.24) is 0 Å². The third kappa shape index (κ3) is 3.89. The first-order valence-electron chi connectivity index (χ1n) is 5.59. The van der Waals surface area contributed by atoms with Crippen LogP contribution in [0.5, 0.6) is 0 Å². The Bertz CT molecular complexity index is 583. The zero-order valence-electron chi connectivity index (χ0n) is 9.85. The number of halogens is 3. The highest BCUT2D eigenvalue weighted by Crippen LogP contribution is 2.29. The van der Waals surface area contributed by atoms with Crippen molar-refractivity contribution in [3.8, 4) is 0 Å². The highest BCUT2D eigenvalue weighted by Gasteiger charge is 2.29. The lowest BCUT2D eigenvalue weighted by atomic mass is 10.1. The summed E-state index contributed by atoms with van der Waals surface area (Å²) in [6.45, 7) is 0. The van der Waals surface area contributed by atoms with Crippen LogP contribution in [-0.2, 0) is 6.18 Å². The smallest absolute Gasteiger partial charge is 0.166 e. The molecular weight excluding hydrogens is 269 g/mol. The Morgan fingerprint density at radius 3 is 2.05 bits per heavy atom. The lowest BCUT2D eigenvalue weighted by Crippen LogP contribution is -2.03. The minimum absolute atomic E-state index is 0.637.